The number of halogens is 1. The average Bonchev–Trinajstić information content (AvgIpc) is 2.63. The average molecular weight is 346 g/mol. The van der Waals surface area contributed by atoms with E-state index in [9.17, 15) is 14.0 Å². The summed E-state index contributed by atoms with van der Waals surface area (Å²) in [6.07, 6.45) is 0.512. The minimum absolute atomic E-state index is 0.182. The van der Waals surface area contributed by atoms with Crippen molar-refractivity contribution in [1.29, 1.82) is 0 Å². The van der Waals surface area contributed by atoms with Crippen molar-refractivity contribution >= 4 is 18.3 Å². The summed E-state index contributed by atoms with van der Waals surface area (Å²) in [7, 11) is 2.61. The van der Waals surface area contributed by atoms with Gasteiger partial charge in [-0.05, 0) is 48.0 Å². The fourth-order valence-corrected chi connectivity index (χ4v) is 1.81. The maximum absolute atomic E-state index is 12.8. The van der Waals surface area contributed by atoms with Crippen LogP contribution < -0.4 is 14.9 Å². The van der Waals surface area contributed by atoms with E-state index in [2.05, 4.69) is 15.3 Å². The van der Waals surface area contributed by atoms with Gasteiger partial charge in [-0.15, -0.1) is 0 Å². The summed E-state index contributed by atoms with van der Waals surface area (Å²) in [4.78, 5) is 23.0. The Balaban J connectivity index is 2.04. The van der Waals surface area contributed by atoms with Crippen molar-refractivity contribution < 1.29 is 28.2 Å². The molecule has 2 aromatic carbocycles. The molecule has 0 aliphatic carbocycles. The van der Waals surface area contributed by atoms with Crippen LogP contribution in [0, 0.1) is 5.82 Å². The Morgan fingerprint density at radius 1 is 1.08 bits per heavy atom. The Bertz CT molecular complexity index is 790. The minimum Gasteiger partial charge on any atom is -0.493 e. The SMILES string of the molecule is COC(=O)Oc1ccc(/C=N\NC(=O)c2ccc(F)cc2)cc1OC. The van der Waals surface area contributed by atoms with Crippen molar-refractivity contribution in [1.82, 2.24) is 5.43 Å². The number of nitrogens with zero attached hydrogens (tertiary/aromatic N) is 1. The number of methoxy groups -OCH3 is 2. The molecule has 1 N–H and O–H groups in total. The van der Waals surface area contributed by atoms with E-state index in [0.29, 0.717) is 11.3 Å². The molecular weight excluding hydrogens is 331 g/mol. The van der Waals surface area contributed by atoms with Gasteiger partial charge < -0.3 is 14.2 Å². The van der Waals surface area contributed by atoms with Gasteiger partial charge in [0, 0.05) is 5.56 Å². The van der Waals surface area contributed by atoms with E-state index in [-0.39, 0.29) is 11.3 Å². The molecule has 0 spiro atoms. The lowest BCUT2D eigenvalue weighted by atomic mass is 10.2. The molecule has 1 amide bonds. The normalized spacial score (nSPS) is 10.4. The molecule has 0 unspecified atom stereocenters. The van der Waals surface area contributed by atoms with Crippen LogP contribution in [0.5, 0.6) is 11.5 Å². The molecule has 0 bridgehead atoms. The molecule has 0 radical (unpaired) electrons. The van der Waals surface area contributed by atoms with Gasteiger partial charge in [0.2, 0.25) is 0 Å². The standard InChI is InChI=1S/C17H15FN2O5/c1-23-15-9-11(3-8-14(15)25-17(22)24-2)10-19-20-16(21)12-4-6-13(18)7-5-12/h3-10H,1-2H3,(H,20,21)/b19-10-. The molecule has 0 atom stereocenters. The second kappa shape index (κ2) is 8.44. The molecule has 0 saturated heterocycles. The molecule has 7 nitrogen and oxygen atoms in total. The van der Waals surface area contributed by atoms with Gasteiger partial charge in [-0.1, -0.05) is 0 Å². The lowest BCUT2D eigenvalue weighted by molar-refractivity contribution is 0.0954. The molecule has 0 aliphatic rings. The zero-order valence-corrected chi connectivity index (χ0v) is 13.5. The summed E-state index contributed by atoms with van der Waals surface area (Å²) in [5.41, 5.74) is 3.19. The third-order valence-corrected chi connectivity index (χ3v) is 3.03. The van der Waals surface area contributed by atoms with Gasteiger partial charge in [0.25, 0.3) is 5.91 Å². The Hall–Kier alpha value is -3.42. The van der Waals surface area contributed by atoms with Crippen molar-refractivity contribution in [3.8, 4) is 11.5 Å². The number of amides is 1. The van der Waals surface area contributed by atoms with Crippen LogP contribution in [0.3, 0.4) is 0 Å². The maximum Gasteiger partial charge on any atom is 0.513 e. The van der Waals surface area contributed by atoms with Gasteiger partial charge >= 0.3 is 6.16 Å². The van der Waals surface area contributed by atoms with Crippen LogP contribution in [0.4, 0.5) is 9.18 Å². The molecule has 2 aromatic rings. The van der Waals surface area contributed by atoms with Crippen LogP contribution in [-0.4, -0.2) is 32.5 Å². The minimum atomic E-state index is -0.869. The highest BCUT2D eigenvalue weighted by Crippen LogP contribution is 2.27. The number of hydrogen-bond acceptors (Lipinski definition) is 6. The number of rotatable bonds is 5. The molecule has 25 heavy (non-hydrogen) atoms. The predicted molar refractivity (Wildman–Crippen MR) is 87.5 cm³/mol. The van der Waals surface area contributed by atoms with Gasteiger partial charge in [-0.3, -0.25) is 4.79 Å². The molecule has 0 aliphatic heterocycles. The van der Waals surface area contributed by atoms with E-state index in [0.717, 1.165) is 0 Å². The topological polar surface area (TPSA) is 86.2 Å². The summed E-state index contributed by atoms with van der Waals surface area (Å²) in [5, 5.41) is 3.82. The molecule has 0 aromatic heterocycles. The molecular formula is C17H15FN2O5. The summed E-state index contributed by atoms with van der Waals surface area (Å²) in [6, 6.07) is 9.73. The van der Waals surface area contributed by atoms with Crippen LogP contribution in [0.15, 0.2) is 47.6 Å². The molecule has 0 heterocycles. The molecule has 0 saturated carbocycles. The fraction of sp³-hybridized carbons (Fsp3) is 0.118. The Morgan fingerprint density at radius 2 is 1.80 bits per heavy atom. The van der Waals surface area contributed by atoms with E-state index < -0.39 is 17.9 Å². The first-order valence-corrected chi connectivity index (χ1v) is 7.06. The van der Waals surface area contributed by atoms with E-state index in [1.807, 2.05) is 0 Å². The highest BCUT2D eigenvalue weighted by molar-refractivity contribution is 5.94. The zero-order valence-electron chi connectivity index (χ0n) is 13.5. The smallest absolute Gasteiger partial charge is 0.493 e. The van der Waals surface area contributed by atoms with Gasteiger partial charge in [-0.25, -0.2) is 14.6 Å². The summed E-state index contributed by atoms with van der Waals surface area (Å²) in [5.74, 6) is -0.434. The van der Waals surface area contributed by atoms with E-state index >= 15 is 0 Å². The number of hydrazone groups is 1. The Labute approximate surface area is 143 Å². The van der Waals surface area contributed by atoms with Gasteiger partial charge in [0.05, 0.1) is 20.4 Å². The van der Waals surface area contributed by atoms with Crippen molar-refractivity contribution in [3.05, 3.63) is 59.4 Å². The second-order valence-electron chi connectivity index (χ2n) is 4.67. The first-order chi connectivity index (χ1) is 12.0. The number of benzene rings is 2. The summed E-state index contributed by atoms with van der Waals surface area (Å²) < 4.78 is 27.3. The summed E-state index contributed by atoms with van der Waals surface area (Å²) >= 11 is 0. The number of carbonyl (C=O) groups excluding carboxylic acids is 2. The largest absolute Gasteiger partial charge is 0.513 e. The van der Waals surface area contributed by atoms with Gasteiger partial charge in [-0.2, -0.15) is 5.10 Å². The molecule has 0 fully saturated rings. The summed E-state index contributed by atoms with van der Waals surface area (Å²) in [6.45, 7) is 0. The van der Waals surface area contributed by atoms with Crippen molar-refractivity contribution in [2.75, 3.05) is 14.2 Å². The Morgan fingerprint density at radius 3 is 2.44 bits per heavy atom. The first kappa shape index (κ1) is 17.9. The third-order valence-electron chi connectivity index (χ3n) is 3.03. The lowest BCUT2D eigenvalue weighted by Crippen LogP contribution is -2.17. The fourth-order valence-electron chi connectivity index (χ4n) is 1.81. The van der Waals surface area contributed by atoms with Crippen molar-refractivity contribution in [2.45, 2.75) is 0 Å². The number of hydrogen-bond donors (Lipinski definition) is 1. The number of nitrogens with one attached hydrogen (secondary N) is 1. The van der Waals surface area contributed by atoms with Crippen LogP contribution in [-0.2, 0) is 4.74 Å². The van der Waals surface area contributed by atoms with Crippen LogP contribution in [0.25, 0.3) is 0 Å². The lowest BCUT2D eigenvalue weighted by Gasteiger charge is -2.08. The van der Waals surface area contributed by atoms with E-state index in [1.54, 1.807) is 12.1 Å². The molecule has 130 valence electrons. The van der Waals surface area contributed by atoms with Crippen LogP contribution in [0.1, 0.15) is 15.9 Å². The maximum atomic E-state index is 12.8. The van der Waals surface area contributed by atoms with Crippen LogP contribution >= 0.6 is 0 Å². The monoisotopic (exact) mass is 346 g/mol. The van der Waals surface area contributed by atoms with Crippen molar-refractivity contribution in [3.63, 3.8) is 0 Å². The highest BCUT2D eigenvalue weighted by Gasteiger charge is 2.10. The molecule has 8 heteroatoms. The van der Waals surface area contributed by atoms with Crippen molar-refractivity contribution in [2.24, 2.45) is 5.10 Å². The second-order valence-corrected chi connectivity index (χ2v) is 4.67. The van der Waals surface area contributed by atoms with Gasteiger partial charge in [0.1, 0.15) is 5.82 Å². The Kier molecular flexibility index (Phi) is 6.05. The number of carbonyl (C=O) groups is 2. The number of ether oxygens (including phenoxy) is 3. The molecule has 2 rings (SSSR count). The first-order valence-electron chi connectivity index (χ1n) is 7.06. The predicted octanol–water partition coefficient (Wildman–Crippen LogP) is 2.74. The van der Waals surface area contributed by atoms with Gasteiger partial charge in [0.15, 0.2) is 11.5 Å². The van der Waals surface area contributed by atoms with Crippen LogP contribution in [0.2, 0.25) is 0 Å². The quantitative estimate of drug-likeness (QED) is 0.389. The third kappa shape index (κ3) is 5.03. The highest BCUT2D eigenvalue weighted by atomic mass is 19.1. The van der Waals surface area contributed by atoms with E-state index in [4.69, 9.17) is 9.47 Å². The zero-order chi connectivity index (χ0) is 18.2. The van der Waals surface area contributed by atoms with E-state index in [1.165, 1.54) is 50.8 Å².